The molecule has 0 bridgehead atoms. The van der Waals surface area contributed by atoms with Crippen LogP contribution in [-0.4, -0.2) is 37.2 Å². The first-order valence-corrected chi connectivity index (χ1v) is 30.1. The van der Waals surface area contributed by atoms with E-state index >= 15 is 0 Å². The third-order valence-corrected chi connectivity index (χ3v) is 11.9. The number of allylic oxidation sites excluding steroid dienone is 28. The fraction of sp³-hybridized carbons (Fsp3) is 0.557. The molecule has 0 N–H and O–H groups in total. The molecule has 6 nitrogen and oxygen atoms in total. The molecule has 76 heavy (non-hydrogen) atoms. The van der Waals surface area contributed by atoms with Gasteiger partial charge in [0.05, 0.1) is 0 Å². The largest absolute Gasteiger partial charge is 0.462 e. The summed E-state index contributed by atoms with van der Waals surface area (Å²) < 4.78 is 16.8. The molecule has 0 heterocycles. The van der Waals surface area contributed by atoms with Crippen molar-refractivity contribution in [2.45, 2.75) is 239 Å². The van der Waals surface area contributed by atoms with Gasteiger partial charge in [-0.3, -0.25) is 14.4 Å². The van der Waals surface area contributed by atoms with Crippen molar-refractivity contribution in [3.8, 4) is 0 Å². The van der Waals surface area contributed by atoms with E-state index in [0.29, 0.717) is 19.3 Å². The van der Waals surface area contributed by atoms with Gasteiger partial charge in [-0.2, -0.15) is 0 Å². The molecule has 0 aliphatic carbocycles. The maximum absolute atomic E-state index is 12.9. The summed E-state index contributed by atoms with van der Waals surface area (Å²) >= 11 is 0. The third-order valence-electron chi connectivity index (χ3n) is 11.9. The highest BCUT2D eigenvalue weighted by Gasteiger charge is 2.19. The molecule has 0 saturated heterocycles. The van der Waals surface area contributed by atoms with Crippen molar-refractivity contribution in [2.75, 3.05) is 13.2 Å². The lowest BCUT2D eigenvalue weighted by Gasteiger charge is -2.18. The molecular formula is C70H108O6. The zero-order valence-corrected chi connectivity index (χ0v) is 48.4. The summed E-state index contributed by atoms with van der Waals surface area (Å²) in [5.74, 6) is -1.10. The van der Waals surface area contributed by atoms with E-state index in [4.69, 9.17) is 14.2 Å². The number of carbonyl (C=O) groups excluding carboxylic acids is 3. The van der Waals surface area contributed by atoms with Crippen molar-refractivity contribution >= 4 is 17.9 Å². The molecule has 0 spiro atoms. The van der Waals surface area contributed by atoms with Crippen LogP contribution in [0.2, 0.25) is 0 Å². The van der Waals surface area contributed by atoms with Crippen LogP contribution in [0.1, 0.15) is 233 Å². The second-order valence-corrected chi connectivity index (χ2v) is 19.1. The second-order valence-electron chi connectivity index (χ2n) is 19.1. The van der Waals surface area contributed by atoms with E-state index < -0.39 is 12.1 Å². The number of ether oxygens (including phenoxy) is 3. The van der Waals surface area contributed by atoms with Gasteiger partial charge in [-0.1, -0.05) is 249 Å². The molecule has 0 aliphatic rings. The van der Waals surface area contributed by atoms with E-state index in [2.05, 4.69) is 179 Å². The molecule has 0 amide bonds. The Morgan fingerprint density at radius 1 is 0.276 bits per heavy atom. The van der Waals surface area contributed by atoms with E-state index in [1.54, 1.807) is 0 Å². The van der Waals surface area contributed by atoms with Crippen molar-refractivity contribution in [1.29, 1.82) is 0 Å². The number of unbranched alkanes of at least 4 members (excludes halogenated alkanes) is 13. The molecule has 1 atom stereocenters. The molecule has 0 radical (unpaired) electrons. The minimum atomic E-state index is -0.856. The molecule has 0 aliphatic heterocycles. The van der Waals surface area contributed by atoms with Gasteiger partial charge in [0.25, 0.3) is 0 Å². The smallest absolute Gasteiger partial charge is 0.306 e. The van der Waals surface area contributed by atoms with E-state index in [-0.39, 0.29) is 38.0 Å². The van der Waals surface area contributed by atoms with Gasteiger partial charge in [0.1, 0.15) is 13.2 Å². The highest BCUT2D eigenvalue weighted by molar-refractivity contribution is 5.71. The van der Waals surface area contributed by atoms with Gasteiger partial charge < -0.3 is 14.2 Å². The van der Waals surface area contributed by atoms with Gasteiger partial charge in [0.2, 0.25) is 0 Å². The van der Waals surface area contributed by atoms with Crippen LogP contribution >= 0.6 is 0 Å². The highest BCUT2D eigenvalue weighted by Crippen LogP contribution is 2.12. The molecule has 0 aromatic carbocycles. The van der Waals surface area contributed by atoms with Gasteiger partial charge in [-0.15, -0.1) is 0 Å². The number of carbonyl (C=O) groups is 3. The van der Waals surface area contributed by atoms with Gasteiger partial charge >= 0.3 is 17.9 Å². The van der Waals surface area contributed by atoms with Crippen molar-refractivity contribution in [2.24, 2.45) is 0 Å². The Morgan fingerprint density at radius 3 is 0.921 bits per heavy atom. The maximum Gasteiger partial charge on any atom is 0.306 e. The van der Waals surface area contributed by atoms with Crippen LogP contribution in [0.4, 0.5) is 0 Å². The van der Waals surface area contributed by atoms with Crippen LogP contribution < -0.4 is 0 Å². The lowest BCUT2D eigenvalue weighted by Crippen LogP contribution is -2.30. The van der Waals surface area contributed by atoms with Gasteiger partial charge in [-0.25, -0.2) is 0 Å². The normalized spacial score (nSPS) is 13.4. The number of hydrogen-bond donors (Lipinski definition) is 0. The predicted octanol–water partition coefficient (Wildman–Crippen LogP) is 20.7. The zero-order valence-electron chi connectivity index (χ0n) is 48.4. The SMILES string of the molecule is CC/C=C\C/C=C\C/C=C\C/C=C\C/C=C\C/C=C\C/C=C\CCCC(=O)OCC(COC(=O)CCCCCCC/C=C\CCCCCCCCC)OC(=O)CC/C=C\C/C=C\C/C=C\C/C=C\C/C=C\C/C=C\CC. The molecule has 0 rings (SSSR count). The molecule has 424 valence electrons. The standard InChI is InChI=1S/C70H108O6/c1-4-7-10-13-16-19-22-25-28-31-33-34-35-36-38-39-42-45-48-51-54-57-60-63-69(72)75-66-67(65-74-68(71)62-59-56-53-50-47-44-41-30-27-24-21-18-15-12-9-6-3)76-70(73)64-61-58-55-52-49-46-43-40-37-32-29-26-23-20-17-14-11-8-5-2/h7-8,10-11,16-17,19-20,25-26,28-30,33-34,36-38,40-42,45-46,49,51,54-55,58,67H,4-6,9,12-15,18,21-24,27,31-32,35,39,43-44,47-48,50,52-53,56-57,59-66H2,1-3H3/b10-7-,11-8-,19-16-,20-17-,28-25-,29-26-,34-33-,38-36-,40-37-,41-30-,45-42-,49-46-,54-51-,58-55-. The van der Waals surface area contributed by atoms with E-state index in [1.807, 2.05) is 12.2 Å². The predicted molar refractivity (Wildman–Crippen MR) is 329 cm³/mol. The summed E-state index contributed by atoms with van der Waals surface area (Å²) in [4.78, 5) is 38.2. The van der Waals surface area contributed by atoms with Gasteiger partial charge in [0.15, 0.2) is 6.10 Å². The van der Waals surface area contributed by atoms with Crippen molar-refractivity contribution in [3.05, 3.63) is 170 Å². The van der Waals surface area contributed by atoms with Crippen LogP contribution in [0.15, 0.2) is 170 Å². The average molecular weight is 1050 g/mol. The molecule has 1 unspecified atom stereocenters. The Morgan fingerprint density at radius 2 is 0.553 bits per heavy atom. The summed E-state index contributed by atoms with van der Waals surface area (Å²) in [5, 5.41) is 0. The summed E-state index contributed by atoms with van der Waals surface area (Å²) in [6.45, 7) is 6.28. The number of rotatable bonds is 52. The van der Waals surface area contributed by atoms with Crippen molar-refractivity contribution in [1.82, 2.24) is 0 Å². The quantitative estimate of drug-likeness (QED) is 0.0261. The highest BCUT2D eigenvalue weighted by atomic mass is 16.6. The van der Waals surface area contributed by atoms with E-state index in [9.17, 15) is 14.4 Å². The maximum atomic E-state index is 12.9. The Kier molecular flexibility index (Phi) is 58.0. The Labute approximate surface area is 466 Å². The zero-order chi connectivity index (χ0) is 55.0. The van der Waals surface area contributed by atoms with Crippen LogP contribution in [0.25, 0.3) is 0 Å². The molecule has 6 heteroatoms. The topological polar surface area (TPSA) is 78.9 Å². The summed E-state index contributed by atoms with van der Waals surface area (Å²) in [6, 6.07) is 0. The monoisotopic (exact) mass is 1040 g/mol. The van der Waals surface area contributed by atoms with Crippen LogP contribution in [0.3, 0.4) is 0 Å². The molecule has 0 fully saturated rings. The Balaban J connectivity index is 4.64. The van der Waals surface area contributed by atoms with Crippen LogP contribution in [0, 0.1) is 0 Å². The number of hydrogen-bond acceptors (Lipinski definition) is 6. The Bertz CT molecular complexity index is 1770. The lowest BCUT2D eigenvalue weighted by atomic mass is 10.1. The number of esters is 3. The summed E-state index contributed by atoms with van der Waals surface area (Å²) in [7, 11) is 0. The molecule has 0 aromatic heterocycles. The van der Waals surface area contributed by atoms with E-state index in [0.717, 1.165) is 122 Å². The first-order chi connectivity index (χ1) is 37.5. The van der Waals surface area contributed by atoms with Crippen LogP contribution in [-0.2, 0) is 28.6 Å². The first-order valence-electron chi connectivity index (χ1n) is 30.1. The summed E-state index contributed by atoms with van der Waals surface area (Å²) in [5.41, 5.74) is 0. The molecule has 0 aromatic rings. The van der Waals surface area contributed by atoms with E-state index in [1.165, 1.54) is 57.8 Å². The fourth-order valence-corrected chi connectivity index (χ4v) is 7.51. The van der Waals surface area contributed by atoms with Crippen molar-refractivity contribution < 1.29 is 28.6 Å². The second kappa shape index (κ2) is 62.3. The van der Waals surface area contributed by atoms with Crippen molar-refractivity contribution in [3.63, 3.8) is 0 Å². The van der Waals surface area contributed by atoms with Gasteiger partial charge in [0, 0.05) is 19.3 Å². The van der Waals surface area contributed by atoms with Crippen LogP contribution in [0.5, 0.6) is 0 Å². The Hall–Kier alpha value is -5.23. The molecule has 0 saturated carbocycles. The lowest BCUT2D eigenvalue weighted by molar-refractivity contribution is -0.166. The first kappa shape index (κ1) is 70.8. The molecular weight excluding hydrogens is 937 g/mol. The average Bonchev–Trinajstić information content (AvgIpc) is 3.42. The minimum Gasteiger partial charge on any atom is -0.462 e. The van der Waals surface area contributed by atoms with Gasteiger partial charge in [-0.05, 0) is 135 Å². The minimum absolute atomic E-state index is 0.139. The third kappa shape index (κ3) is 59.6. The fourth-order valence-electron chi connectivity index (χ4n) is 7.51. The summed E-state index contributed by atoms with van der Waals surface area (Å²) in [6.07, 6.45) is 92.2.